The van der Waals surface area contributed by atoms with Crippen LogP contribution in [0.3, 0.4) is 0 Å². The SMILES string of the molecule is CCNCCn1cc(-c2c[nH]c(C(=O)OC)c2-c2c[nH]c3ccc(Cl)cc23)c2cc(Cl)c(Cl)cc21. The first-order valence-corrected chi connectivity index (χ1v) is 12.3. The zero-order valence-corrected chi connectivity index (χ0v) is 21.4. The van der Waals surface area contributed by atoms with Crippen molar-refractivity contribution in [2.24, 2.45) is 0 Å². The van der Waals surface area contributed by atoms with E-state index in [1.165, 1.54) is 7.11 Å². The molecular weight excluding hydrogens is 507 g/mol. The maximum absolute atomic E-state index is 12.8. The topological polar surface area (TPSA) is 74.8 Å². The molecule has 0 bridgehead atoms. The minimum atomic E-state index is -0.459. The molecule has 6 nitrogen and oxygen atoms in total. The van der Waals surface area contributed by atoms with E-state index in [4.69, 9.17) is 39.5 Å². The molecule has 3 N–H and O–H groups in total. The highest BCUT2D eigenvalue weighted by Gasteiger charge is 2.25. The van der Waals surface area contributed by atoms with Crippen LogP contribution in [-0.2, 0) is 11.3 Å². The van der Waals surface area contributed by atoms with Crippen LogP contribution in [0.15, 0.2) is 48.9 Å². The Hall–Kier alpha value is -2.90. The Morgan fingerprint density at radius 3 is 2.54 bits per heavy atom. The van der Waals surface area contributed by atoms with E-state index in [9.17, 15) is 4.79 Å². The van der Waals surface area contributed by atoms with Crippen LogP contribution in [0.25, 0.3) is 44.1 Å². The number of carbonyl (C=O) groups excluding carboxylic acids is 1. The smallest absolute Gasteiger partial charge is 0.355 e. The van der Waals surface area contributed by atoms with E-state index >= 15 is 0 Å². The summed E-state index contributed by atoms with van der Waals surface area (Å²) in [4.78, 5) is 19.2. The molecule has 180 valence electrons. The first-order valence-electron chi connectivity index (χ1n) is 11.2. The maximum Gasteiger partial charge on any atom is 0.355 e. The number of H-pyrrole nitrogens is 2. The predicted octanol–water partition coefficient (Wildman–Crippen LogP) is 7.14. The summed E-state index contributed by atoms with van der Waals surface area (Å²) in [5.41, 5.74) is 5.56. The average molecular weight is 530 g/mol. The third kappa shape index (κ3) is 4.21. The fourth-order valence-electron chi connectivity index (χ4n) is 4.54. The zero-order valence-electron chi connectivity index (χ0n) is 19.1. The van der Waals surface area contributed by atoms with Crippen molar-refractivity contribution in [3.8, 4) is 22.3 Å². The van der Waals surface area contributed by atoms with Gasteiger partial charge in [0.15, 0.2) is 0 Å². The van der Waals surface area contributed by atoms with Crippen molar-refractivity contribution in [2.75, 3.05) is 20.2 Å². The Morgan fingerprint density at radius 1 is 1.00 bits per heavy atom. The number of aromatic nitrogens is 3. The van der Waals surface area contributed by atoms with Gasteiger partial charge >= 0.3 is 5.97 Å². The highest BCUT2D eigenvalue weighted by molar-refractivity contribution is 6.43. The number of nitrogens with zero attached hydrogens (tertiary/aromatic N) is 1. The van der Waals surface area contributed by atoms with Gasteiger partial charge < -0.3 is 24.6 Å². The van der Waals surface area contributed by atoms with Gasteiger partial charge in [0.2, 0.25) is 0 Å². The number of likely N-dealkylation sites (N-methyl/N-ethyl adjacent to an activating group) is 1. The quantitative estimate of drug-likeness (QED) is 0.155. The lowest BCUT2D eigenvalue weighted by Crippen LogP contribution is -2.18. The zero-order chi connectivity index (χ0) is 24.7. The molecule has 0 atom stereocenters. The molecule has 0 aliphatic rings. The van der Waals surface area contributed by atoms with E-state index in [1.807, 2.05) is 42.7 Å². The third-order valence-electron chi connectivity index (χ3n) is 6.18. The minimum absolute atomic E-state index is 0.358. The molecule has 0 unspecified atom stereocenters. The normalized spacial score (nSPS) is 11.6. The fraction of sp³-hybridized carbons (Fsp3) is 0.192. The average Bonchev–Trinajstić information content (AvgIpc) is 3.54. The van der Waals surface area contributed by atoms with Gasteiger partial charge in [0.25, 0.3) is 0 Å². The van der Waals surface area contributed by atoms with Gasteiger partial charge in [-0.1, -0.05) is 41.7 Å². The van der Waals surface area contributed by atoms with Crippen LogP contribution in [0.1, 0.15) is 17.4 Å². The number of rotatable bonds is 7. The van der Waals surface area contributed by atoms with E-state index < -0.39 is 5.97 Å². The van der Waals surface area contributed by atoms with Crippen LogP contribution < -0.4 is 5.32 Å². The van der Waals surface area contributed by atoms with Gasteiger partial charge in [-0.05, 0) is 36.9 Å². The summed E-state index contributed by atoms with van der Waals surface area (Å²) in [6.45, 7) is 4.50. The number of ether oxygens (including phenoxy) is 1. The number of benzene rings is 2. The summed E-state index contributed by atoms with van der Waals surface area (Å²) in [6, 6.07) is 9.39. The number of aromatic amines is 2. The van der Waals surface area contributed by atoms with Gasteiger partial charge in [-0.15, -0.1) is 0 Å². The molecule has 0 aliphatic carbocycles. The van der Waals surface area contributed by atoms with Gasteiger partial charge in [-0.25, -0.2) is 4.79 Å². The van der Waals surface area contributed by atoms with E-state index in [0.717, 1.165) is 63.7 Å². The monoisotopic (exact) mass is 528 g/mol. The second-order valence-corrected chi connectivity index (χ2v) is 9.46. The predicted molar refractivity (Wildman–Crippen MR) is 144 cm³/mol. The van der Waals surface area contributed by atoms with Crippen molar-refractivity contribution in [1.29, 1.82) is 0 Å². The van der Waals surface area contributed by atoms with E-state index in [-0.39, 0.29) is 0 Å². The Morgan fingerprint density at radius 2 is 1.77 bits per heavy atom. The first-order chi connectivity index (χ1) is 16.9. The lowest BCUT2D eigenvalue weighted by Gasteiger charge is -2.07. The molecule has 3 heterocycles. The molecule has 2 aromatic carbocycles. The number of nitrogens with one attached hydrogen (secondary N) is 3. The second-order valence-electron chi connectivity index (χ2n) is 8.21. The van der Waals surface area contributed by atoms with Gasteiger partial charge in [0.05, 0.1) is 22.7 Å². The summed E-state index contributed by atoms with van der Waals surface area (Å²) in [5, 5.41) is 6.76. The number of fused-ring (bicyclic) bond motifs is 2. The fourth-order valence-corrected chi connectivity index (χ4v) is 5.03. The highest BCUT2D eigenvalue weighted by atomic mass is 35.5. The molecule has 3 aromatic heterocycles. The number of hydrogen-bond acceptors (Lipinski definition) is 3. The molecule has 35 heavy (non-hydrogen) atoms. The standard InChI is InChI=1S/C26H23Cl3N4O2/c1-3-30-6-7-33-13-19(16-9-20(28)21(29)10-23(16)33)18-12-32-25(26(34)35-2)24(18)17-11-31-22-5-4-14(27)8-15(17)22/h4-5,8-13,30-32H,3,6-7H2,1-2H3. The van der Waals surface area contributed by atoms with Gasteiger partial charge in [0.1, 0.15) is 5.69 Å². The molecule has 9 heteroatoms. The number of hydrogen-bond donors (Lipinski definition) is 3. The van der Waals surface area contributed by atoms with Crippen molar-refractivity contribution in [3.05, 3.63) is 69.7 Å². The van der Waals surface area contributed by atoms with Crippen LogP contribution >= 0.6 is 34.8 Å². The Balaban J connectivity index is 1.79. The van der Waals surface area contributed by atoms with E-state index in [1.54, 1.807) is 0 Å². The van der Waals surface area contributed by atoms with Gasteiger partial charge in [-0.3, -0.25) is 0 Å². The summed E-state index contributed by atoms with van der Waals surface area (Å²) in [6.07, 6.45) is 5.79. The van der Waals surface area contributed by atoms with Crippen LogP contribution in [0.5, 0.6) is 0 Å². The second kappa shape index (κ2) is 9.63. The molecule has 0 saturated heterocycles. The van der Waals surface area contributed by atoms with Crippen molar-refractivity contribution in [1.82, 2.24) is 19.9 Å². The molecule has 0 amide bonds. The molecule has 0 spiro atoms. The number of esters is 1. The van der Waals surface area contributed by atoms with Crippen molar-refractivity contribution < 1.29 is 9.53 Å². The van der Waals surface area contributed by atoms with Crippen molar-refractivity contribution in [3.63, 3.8) is 0 Å². The summed E-state index contributed by atoms with van der Waals surface area (Å²) in [5.74, 6) is -0.459. The maximum atomic E-state index is 12.8. The molecule has 0 radical (unpaired) electrons. The van der Waals surface area contributed by atoms with E-state index in [2.05, 4.69) is 33.0 Å². The molecule has 5 rings (SSSR count). The van der Waals surface area contributed by atoms with Crippen molar-refractivity contribution in [2.45, 2.75) is 13.5 Å². The van der Waals surface area contributed by atoms with E-state index in [0.29, 0.717) is 20.8 Å². The Labute approximate surface area is 217 Å². The van der Waals surface area contributed by atoms with Crippen molar-refractivity contribution >= 4 is 62.6 Å². The summed E-state index contributed by atoms with van der Waals surface area (Å²) in [7, 11) is 1.37. The van der Waals surface area contributed by atoms with Gasteiger partial charge in [0, 0.05) is 75.2 Å². The van der Waals surface area contributed by atoms with Crippen LogP contribution in [0.2, 0.25) is 15.1 Å². The highest BCUT2D eigenvalue weighted by Crippen LogP contribution is 2.43. The molecule has 0 aliphatic heterocycles. The lowest BCUT2D eigenvalue weighted by molar-refractivity contribution is 0.0596. The third-order valence-corrected chi connectivity index (χ3v) is 7.13. The largest absolute Gasteiger partial charge is 0.464 e. The molecule has 0 saturated carbocycles. The molecular formula is C26H23Cl3N4O2. The molecule has 0 fully saturated rings. The molecule has 5 aromatic rings. The number of methoxy groups -OCH3 is 1. The summed E-state index contributed by atoms with van der Waals surface area (Å²) >= 11 is 19.1. The van der Waals surface area contributed by atoms with Crippen LogP contribution in [0, 0.1) is 0 Å². The first kappa shape index (κ1) is 23.8. The number of carbonyl (C=O) groups is 1. The van der Waals surface area contributed by atoms with Crippen LogP contribution in [-0.4, -0.2) is 40.7 Å². The van der Waals surface area contributed by atoms with Crippen LogP contribution in [0.4, 0.5) is 0 Å². The summed E-state index contributed by atoms with van der Waals surface area (Å²) < 4.78 is 7.24. The van der Waals surface area contributed by atoms with Gasteiger partial charge in [-0.2, -0.15) is 0 Å². The Kier molecular flexibility index (Phi) is 6.55. The number of halogens is 3. The lowest BCUT2D eigenvalue weighted by atomic mass is 9.96. The minimum Gasteiger partial charge on any atom is -0.464 e. The Bertz CT molecular complexity index is 1560.